The summed E-state index contributed by atoms with van der Waals surface area (Å²) >= 11 is 0. The molecule has 21 heavy (non-hydrogen) atoms. The van der Waals surface area contributed by atoms with Crippen molar-refractivity contribution in [3.05, 3.63) is 22.5 Å². The number of likely N-dealkylation sites (tertiary alicyclic amines) is 1. The lowest BCUT2D eigenvalue weighted by Crippen LogP contribution is -2.46. The third kappa shape index (κ3) is 3.18. The minimum atomic E-state index is -0.850. The van der Waals surface area contributed by atoms with E-state index in [-0.39, 0.29) is 18.1 Å². The zero-order valence-electron chi connectivity index (χ0n) is 11.6. The molecule has 2 heterocycles. The van der Waals surface area contributed by atoms with Crippen molar-refractivity contribution < 1.29 is 19.6 Å². The Morgan fingerprint density at radius 1 is 1.48 bits per heavy atom. The first-order chi connectivity index (χ1) is 9.82. The van der Waals surface area contributed by atoms with Crippen molar-refractivity contribution >= 4 is 17.6 Å². The molecule has 1 aromatic heterocycles. The summed E-state index contributed by atoms with van der Waals surface area (Å²) in [5, 5.41) is 23.4. The van der Waals surface area contributed by atoms with Crippen molar-refractivity contribution in [3.8, 4) is 0 Å². The number of amides is 1. The minimum Gasteiger partial charge on any atom is -0.481 e. The second kappa shape index (κ2) is 5.51. The van der Waals surface area contributed by atoms with Crippen LogP contribution in [0.25, 0.3) is 0 Å². The third-order valence-corrected chi connectivity index (χ3v) is 3.86. The van der Waals surface area contributed by atoms with Crippen LogP contribution < -0.4 is 0 Å². The Kier molecular flexibility index (Phi) is 3.92. The van der Waals surface area contributed by atoms with Crippen LogP contribution in [-0.4, -0.2) is 49.7 Å². The highest BCUT2D eigenvalue weighted by Gasteiger charge is 2.38. The van der Waals surface area contributed by atoms with E-state index in [2.05, 4.69) is 5.10 Å². The normalized spacial score (nSPS) is 17.5. The van der Waals surface area contributed by atoms with E-state index in [4.69, 9.17) is 5.11 Å². The van der Waals surface area contributed by atoms with Gasteiger partial charge in [0, 0.05) is 13.1 Å². The molecule has 0 spiro atoms. The van der Waals surface area contributed by atoms with Crippen LogP contribution in [0.1, 0.15) is 19.8 Å². The Labute approximate surface area is 120 Å². The largest absolute Gasteiger partial charge is 0.481 e. The summed E-state index contributed by atoms with van der Waals surface area (Å²) < 4.78 is 1.21. The Balaban J connectivity index is 1.93. The number of hydrogen-bond acceptors (Lipinski definition) is 5. The number of rotatable bonds is 4. The summed E-state index contributed by atoms with van der Waals surface area (Å²) in [5.41, 5.74) is -0.957. The number of carboxylic acids is 1. The molecule has 0 radical (unpaired) electrons. The van der Waals surface area contributed by atoms with Crippen LogP contribution in [0.5, 0.6) is 0 Å². The van der Waals surface area contributed by atoms with Gasteiger partial charge in [0.15, 0.2) is 0 Å². The van der Waals surface area contributed by atoms with Crippen LogP contribution in [0.3, 0.4) is 0 Å². The molecule has 0 atom stereocenters. The molecule has 0 unspecified atom stereocenters. The highest BCUT2D eigenvalue weighted by molar-refractivity contribution is 5.78. The van der Waals surface area contributed by atoms with Gasteiger partial charge >= 0.3 is 11.7 Å². The van der Waals surface area contributed by atoms with E-state index >= 15 is 0 Å². The molecule has 0 aromatic carbocycles. The van der Waals surface area contributed by atoms with Crippen LogP contribution in [0.4, 0.5) is 5.69 Å². The molecule has 0 aliphatic carbocycles. The second-order valence-electron chi connectivity index (χ2n) is 5.40. The SMILES string of the molecule is CC1(C(=O)O)CCN(C(=O)Cn2cc([N+](=O)[O-])cn2)CC1. The summed E-state index contributed by atoms with van der Waals surface area (Å²) in [6, 6.07) is 0. The summed E-state index contributed by atoms with van der Waals surface area (Å²) in [6.45, 7) is 2.32. The number of nitro groups is 1. The number of piperidine rings is 1. The summed E-state index contributed by atoms with van der Waals surface area (Å²) in [5.74, 6) is -1.07. The zero-order chi connectivity index (χ0) is 15.6. The van der Waals surface area contributed by atoms with Crippen LogP contribution in [0.15, 0.2) is 12.4 Å². The van der Waals surface area contributed by atoms with Gasteiger partial charge in [-0.1, -0.05) is 0 Å². The molecule has 1 aromatic rings. The molecule has 1 saturated heterocycles. The molecule has 1 fully saturated rings. The fourth-order valence-electron chi connectivity index (χ4n) is 2.24. The van der Waals surface area contributed by atoms with Crippen LogP contribution in [0, 0.1) is 15.5 Å². The van der Waals surface area contributed by atoms with Gasteiger partial charge in [-0.05, 0) is 19.8 Å². The lowest BCUT2D eigenvalue weighted by molar-refractivity contribution is -0.385. The van der Waals surface area contributed by atoms with E-state index < -0.39 is 16.3 Å². The quantitative estimate of drug-likeness (QED) is 0.638. The summed E-state index contributed by atoms with van der Waals surface area (Å²) in [7, 11) is 0. The molecule has 1 amide bonds. The van der Waals surface area contributed by atoms with Crippen molar-refractivity contribution in [2.75, 3.05) is 13.1 Å². The fourth-order valence-corrected chi connectivity index (χ4v) is 2.24. The molecular formula is C12H16N4O5. The molecule has 9 nitrogen and oxygen atoms in total. The predicted molar refractivity (Wildman–Crippen MR) is 70.4 cm³/mol. The molecule has 1 aliphatic heterocycles. The predicted octanol–water partition coefficient (Wildman–Crippen LogP) is 0.505. The molecule has 1 N–H and O–H groups in total. The Hall–Kier alpha value is -2.45. The van der Waals surface area contributed by atoms with Crippen molar-refractivity contribution in [1.82, 2.24) is 14.7 Å². The first kappa shape index (κ1) is 14.9. The average molecular weight is 296 g/mol. The van der Waals surface area contributed by atoms with Gasteiger partial charge in [0.2, 0.25) is 5.91 Å². The lowest BCUT2D eigenvalue weighted by Gasteiger charge is -2.36. The van der Waals surface area contributed by atoms with E-state index in [1.807, 2.05) is 0 Å². The number of carboxylic acid groups (broad SMARTS) is 1. The maximum Gasteiger partial charge on any atom is 0.309 e. The first-order valence-electron chi connectivity index (χ1n) is 6.50. The Morgan fingerprint density at radius 2 is 2.10 bits per heavy atom. The highest BCUT2D eigenvalue weighted by atomic mass is 16.6. The standard InChI is InChI=1S/C12H16N4O5/c1-12(11(18)19)2-4-14(5-3-12)10(17)8-15-7-9(6-13-15)16(20)21/h6-7H,2-5,8H2,1H3,(H,18,19). The Bertz CT molecular complexity index is 574. The van der Waals surface area contributed by atoms with E-state index in [1.54, 1.807) is 11.8 Å². The van der Waals surface area contributed by atoms with Gasteiger partial charge in [-0.2, -0.15) is 5.10 Å². The topological polar surface area (TPSA) is 119 Å². The van der Waals surface area contributed by atoms with E-state index in [1.165, 1.54) is 10.9 Å². The summed E-state index contributed by atoms with van der Waals surface area (Å²) in [4.78, 5) is 34.7. The second-order valence-corrected chi connectivity index (χ2v) is 5.40. The number of aliphatic carboxylic acids is 1. The molecular weight excluding hydrogens is 280 g/mol. The number of carbonyl (C=O) groups excluding carboxylic acids is 1. The fraction of sp³-hybridized carbons (Fsp3) is 0.583. The molecule has 1 aliphatic rings. The third-order valence-electron chi connectivity index (χ3n) is 3.86. The minimum absolute atomic E-state index is 0.0857. The van der Waals surface area contributed by atoms with Gasteiger partial charge < -0.3 is 10.0 Å². The number of hydrogen-bond donors (Lipinski definition) is 1. The lowest BCUT2D eigenvalue weighted by atomic mass is 9.80. The van der Waals surface area contributed by atoms with Gasteiger partial charge in [-0.25, -0.2) is 0 Å². The van der Waals surface area contributed by atoms with E-state index in [9.17, 15) is 19.7 Å². The van der Waals surface area contributed by atoms with Crippen LogP contribution >= 0.6 is 0 Å². The molecule has 9 heteroatoms. The first-order valence-corrected chi connectivity index (χ1v) is 6.50. The van der Waals surface area contributed by atoms with E-state index in [0.717, 1.165) is 6.20 Å². The van der Waals surface area contributed by atoms with Gasteiger partial charge in [0.1, 0.15) is 18.9 Å². The molecule has 0 saturated carbocycles. The number of carbonyl (C=O) groups is 2. The van der Waals surface area contributed by atoms with Gasteiger partial charge in [-0.15, -0.1) is 0 Å². The van der Waals surface area contributed by atoms with Crippen LogP contribution in [-0.2, 0) is 16.1 Å². The highest BCUT2D eigenvalue weighted by Crippen LogP contribution is 2.31. The summed E-state index contributed by atoms with van der Waals surface area (Å²) in [6.07, 6.45) is 3.08. The van der Waals surface area contributed by atoms with E-state index in [0.29, 0.717) is 25.9 Å². The average Bonchev–Trinajstić information content (AvgIpc) is 2.88. The molecule has 114 valence electrons. The number of nitrogens with zero attached hydrogens (tertiary/aromatic N) is 4. The van der Waals surface area contributed by atoms with Gasteiger partial charge in [-0.3, -0.25) is 24.4 Å². The molecule has 2 rings (SSSR count). The monoisotopic (exact) mass is 296 g/mol. The zero-order valence-corrected chi connectivity index (χ0v) is 11.6. The molecule has 0 bridgehead atoms. The van der Waals surface area contributed by atoms with Crippen molar-refractivity contribution in [3.63, 3.8) is 0 Å². The van der Waals surface area contributed by atoms with Crippen molar-refractivity contribution in [1.29, 1.82) is 0 Å². The van der Waals surface area contributed by atoms with Crippen molar-refractivity contribution in [2.45, 2.75) is 26.3 Å². The van der Waals surface area contributed by atoms with Gasteiger partial charge in [0.05, 0.1) is 10.3 Å². The smallest absolute Gasteiger partial charge is 0.309 e. The van der Waals surface area contributed by atoms with Gasteiger partial charge in [0.25, 0.3) is 0 Å². The number of aromatic nitrogens is 2. The maximum absolute atomic E-state index is 12.1. The Morgan fingerprint density at radius 3 is 2.57 bits per heavy atom. The van der Waals surface area contributed by atoms with Crippen molar-refractivity contribution in [2.24, 2.45) is 5.41 Å². The maximum atomic E-state index is 12.1. The van der Waals surface area contributed by atoms with Crippen LogP contribution in [0.2, 0.25) is 0 Å².